The minimum Gasteiger partial charge on any atom is -0.377 e. The van der Waals surface area contributed by atoms with Crippen LogP contribution in [-0.4, -0.2) is 60.3 Å². The SMILES string of the molecule is CCCCCCCC(C[Si](OC)(OC)OC)[Si](OC)(OC)OC. The largest absolute Gasteiger partial charge is 0.503 e. The average Bonchev–Trinajstić information content (AvgIpc) is 2.60. The lowest BCUT2D eigenvalue weighted by Crippen LogP contribution is -2.53. The fourth-order valence-corrected chi connectivity index (χ4v) is 8.57. The molecule has 0 N–H and O–H groups in total. The van der Waals surface area contributed by atoms with Crippen molar-refractivity contribution in [2.45, 2.75) is 57.0 Å². The summed E-state index contributed by atoms with van der Waals surface area (Å²) in [6.45, 7) is 2.22. The van der Waals surface area contributed by atoms with Crippen LogP contribution in [0.15, 0.2) is 0 Å². The minimum absolute atomic E-state index is 0.0932. The zero-order valence-corrected chi connectivity index (χ0v) is 18.0. The van der Waals surface area contributed by atoms with Gasteiger partial charge in [0.1, 0.15) is 0 Å². The Labute approximate surface area is 144 Å². The molecule has 0 aliphatic rings. The van der Waals surface area contributed by atoms with E-state index in [-0.39, 0.29) is 5.54 Å². The van der Waals surface area contributed by atoms with Gasteiger partial charge in [0, 0.05) is 54.2 Å². The van der Waals surface area contributed by atoms with Crippen LogP contribution in [0.2, 0.25) is 11.6 Å². The number of hydrogen-bond acceptors (Lipinski definition) is 6. The van der Waals surface area contributed by atoms with Crippen molar-refractivity contribution in [1.82, 2.24) is 0 Å². The molecule has 23 heavy (non-hydrogen) atoms. The van der Waals surface area contributed by atoms with Gasteiger partial charge in [0.15, 0.2) is 0 Å². The number of unbranched alkanes of at least 4 members (excludes halogenated alkanes) is 4. The van der Waals surface area contributed by atoms with Crippen LogP contribution in [0, 0.1) is 0 Å². The van der Waals surface area contributed by atoms with Gasteiger partial charge in [-0.3, -0.25) is 0 Å². The van der Waals surface area contributed by atoms with E-state index in [0.29, 0.717) is 6.04 Å². The van der Waals surface area contributed by atoms with Crippen LogP contribution in [-0.2, 0) is 26.6 Å². The van der Waals surface area contributed by atoms with Gasteiger partial charge in [-0.25, -0.2) is 0 Å². The molecule has 0 rings (SSSR count). The Morgan fingerprint density at radius 3 is 1.52 bits per heavy atom. The molecule has 0 aromatic heterocycles. The van der Waals surface area contributed by atoms with Crippen LogP contribution in [0.1, 0.15) is 45.4 Å². The van der Waals surface area contributed by atoms with Crippen molar-refractivity contribution < 1.29 is 26.6 Å². The maximum absolute atomic E-state index is 5.71. The predicted octanol–water partition coefficient (Wildman–Crippen LogP) is 3.47. The van der Waals surface area contributed by atoms with E-state index in [1.165, 1.54) is 25.7 Å². The van der Waals surface area contributed by atoms with Gasteiger partial charge in [-0.15, -0.1) is 0 Å². The Kier molecular flexibility index (Phi) is 12.6. The molecule has 0 saturated heterocycles. The molecule has 6 nitrogen and oxygen atoms in total. The first-order valence-corrected chi connectivity index (χ1v) is 12.1. The summed E-state index contributed by atoms with van der Waals surface area (Å²) in [5, 5.41) is 0. The van der Waals surface area contributed by atoms with Crippen LogP contribution < -0.4 is 0 Å². The standard InChI is InChI=1S/C15H36O6Si2/c1-8-9-10-11-12-13-15(23(19-5,20-6)21-7)14-22(16-2,17-3)18-4/h15H,8-14H2,1-7H3. The molecular weight excluding hydrogens is 332 g/mol. The Balaban J connectivity index is 5.05. The van der Waals surface area contributed by atoms with Gasteiger partial charge in [-0.1, -0.05) is 39.0 Å². The van der Waals surface area contributed by atoms with Gasteiger partial charge in [0.25, 0.3) is 0 Å². The van der Waals surface area contributed by atoms with E-state index in [0.717, 1.165) is 12.8 Å². The Morgan fingerprint density at radius 1 is 0.652 bits per heavy atom. The lowest BCUT2D eigenvalue weighted by Gasteiger charge is -2.36. The number of rotatable bonds is 15. The molecule has 140 valence electrons. The smallest absolute Gasteiger partial charge is 0.377 e. The summed E-state index contributed by atoms with van der Waals surface area (Å²) in [5.41, 5.74) is 0.0932. The van der Waals surface area contributed by atoms with Crippen LogP contribution in [0.3, 0.4) is 0 Å². The molecule has 0 aliphatic heterocycles. The maximum atomic E-state index is 5.71. The molecule has 0 aliphatic carbocycles. The third kappa shape index (κ3) is 6.91. The molecule has 0 aromatic carbocycles. The zero-order chi connectivity index (χ0) is 17.8. The van der Waals surface area contributed by atoms with Crippen LogP contribution in [0.25, 0.3) is 0 Å². The molecule has 0 amide bonds. The predicted molar refractivity (Wildman–Crippen MR) is 95.5 cm³/mol. The molecule has 0 spiro atoms. The normalized spacial score (nSPS) is 14.2. The van der Waals surface area contributed by atoms with E-state index in [1.807, 2.05) is 0 Å². The van der Waals surface area contributed by atoms with Crippen molar-refractivity contribution in [3.8, 4) is 0 Å². The highest BCUT2D eigenvalue weighted by molar-refractivity contribution is 6.67. The second kappa shape index (κ2) is 12.5. The summed E-state index contributed by atoms with van der Waals surface area (Å²) in [7, 11) is 4.35. The van der Waals surface area contributed by atoms with E-state index in [2.05, 4.69) is 6.92 Å². The van der Waals surface area contributed by atoms with E-state index in [4.69, 9.17) is 26.6 Å². The second-order valence-electron chi connectivity index (χ2n) is 5.62. The van der Waals surface area contributed by atoms with Crippen molar-refractivity contribution in [3.05, 3.63) is 0 Å². The first kappa shape index (κ1) is 23.2. The Morgan fingerprint density at radius 2 is 1.13 bits per heavy atom. The summed E-state index contributed by atoms with van der Waals surface area (Å²) >= 11 is 0. The summed E-state index contributed by atoms with van der Waals surface area (Å²) in [6.07, 6.45) is 7.04. The monoisotopic (exact) mass is 368 g/mol. The Hall–Kier alpha value is 0.194. The van der Waals surface area contributed by atoms with Crippen molar-refractivity contribution in [3.63, 3.8) is 0 Å². The third-order valence-electron chi connectivity index (χ3n) is 4.44. The third-order valence-corrected chi connectivity index (χ3v) is 10.9. The fourth-order valence-electron chi connectivity index (χ4n) is 2.95. The van der Waals surface area contributed by atoms with Crippen molar-refractivity contribution >= 4 is 17.6 Å². The quantitative estimate of drug-likeness (QED) is 0.326. The summed E-state index contributed by atoms with van der Waals surface area (Å²) in [5.74, 6) is 0. The number of hydrogen-bond donors (Lipinski definition) is 0. The molecule has 0 radical (unpaired) electrons. The van der Waals surface area contributed by atoms with E-state index in [1.54, 1.807) is 42.7 Å². The summed E-state index contributed by atoms with van der Waals surface area (Å²) < 4.78 is 33.9. The van der Waals surface area contributed by atoms with Crippen LogP contribution >= 0.6 is 0 Å². The molecule has 1 unspecified atom stereocenters. The first-order valence-electron chi connectivity index (χ1n) is 8.34. The molecule has 0 saturated carbocycles. The summed E-state index contributed by atoms with van der Waals surface area (Å²) in [4.78, 5) is 0. The van der Waals surface area contributed by atoms with Gasteiger partial charge in [-0.05, 0) is 6.42 Å². The van der Waals surface area contributed by atoms with Crippen molar-refractivity contribution in [2.24, 2.45) is 0 Å². The van der Waals surface area contributed by atoms with Gasteiger partial charge in [0.05, 0.1) is 0 Å². The molecule has 1 atom stereocenters. The average molecular weight is 369 g/mol. The highest BCUT2D eigenvalue weighted by Gasteiger charge is 2.53. The molecule has 0 fully saturated rings. The highest BCUT2D eigenvalue weighted by Crippen LogP contribution is 2.37. The molecule has 8 heteroatoms. The van der Waals surface area contributed by atoms with E-state index >= 15 is 0 Å². The van der Waals surface area contributed by atoms with Gasteiger partial charge < -0.3 is 26.6 Å². The summed E-state index contributed by atoms with van der Waals surface area (Å²) in [6, 6.07) is 0.631. The molecular formula is C15H36O6Si2. The minimum atomic E-state index is -2.78. The van der Waals surface area contributed by atoms with Gasteiger partial charge in [0.2, 0.25) is 0 Å². The maximum Gasteiger partial charge on any atom is 0.503 e. The fraction of sp³-hybridized carbons (Fsp3) is 1.00. The van der Waals surface area contributed by atoms with Crippen molar-refractivity contribution in [1.29, 1.82) is 0 Å². The molecule has 0 heterocycles. The highest BCUT2D eigenvalue weighted by atomic mass is 28.4. The lowest BCUT2D eigenvalue weighted by atomic mass is 10.1. The van der Waals surface area contributed by atoms with Crippen molar-refractivity contribution in [2.75, 3.05) is 42.7 Å². The van der Waals surface area contributed by atoms with Gasteiger partial charge in [-0.2, -0.15) is 0 Å². The first-order chi connectivity index (χ1) is 11.0. The van der Waals surface area contributed by atoms with E-state index < -0.39 is 17.6 Å². The lowest BCUT2D eigenvalue weighted by molar-refractivity contribution is 0.0957. The van der Waals surface area contributed by atoms with Crippen LogP contribution in [0.4, 0.5) is 0 Å². The van der Waals surface area contributed by atoms with Crippen LogP contribution in [0.5, 0.6) is 0 Å². The second-order valence-corrected chi connectivity index (χ2v) is 11.9. The molecule has 0 aromatic rings. The van der Waals surface area contributed by atoms with Gasteiger partial charge >= 0.3 is 17.6 Å². The zero-order valence-electron chi connectivity index (χ0n) is 16.0. The van der Waals surface area contributed by atoms with E-state index in [9.17, 15) is 0 Å². The molecule has 0 bridgehead atoms. The topological polar surface area (TPSA) is 55.4 Å². The Bertz CT molecular complexity index is 269.